The molecule has 0 unspecified atom stereocenters. The van der Waals surface area contributed by atoms with Gasteiger partial charge in [-0.1, -0.05) is 23.7 Å². The van der Waals surface area contributed by atoms with Crippen LogP contribution in [0.1, 0.15) is 5.56 Å². The van der Waals surface area contributed by atoms with Crippen LogP contribution in [0.2, 0.25) is 5.02 Å². The molecular formula is C14H10ClN5O. The van der Waals surface area contributed by atoms with Crippen LogP contribution in [-0.4, -0.2) is 31.9 Å². The molecule has 1 heterocycles. The summed E-state index contributed by atoms with van der Waals surface area (Å²) >= 11 is 5.89. The van der Waals surface area contributed by atoms with Crippen LogP contribution in [0.5, 0.6) is 5.75 Å². The molecular weight excluding hydrogens is 290 g/mol. The van der Waals surface area contributed by atoms with Crippen molar-refractivity contribution in [3.05, 3.63) is 53.1 Å². The summed E-state index contributed by atoms with van der Waals surface area (Å²) in [5.41, 5.74) is 2.05. The van der Waals surface area contributed by atoms with E-state index in [4.69, 9.17) is 11.6 Å². The summed E-state index contributed by atoms with van der Waals surface area (Å²) in [6.07, 6.45) is 1.55. The van der Waals surface area contributed by atoms with Gasteiger partial charge in [0.2, 0.25) is 5.82 Å². The normalized spacial score (nSPS) is 11.1. The molecule has 0 spiro atoms. The van der Waals surface area contributed by atoms with Crippen molar-refractivity contribution in [3.63, 3.8) is 0 Å². The standard InChI is InChI=1S/C14H10ClN5O/c15-11-4-5-13(21)10(6-11)8-16-12-3-1-2-9(7-12)14-17-19-20-18-14/h1-8,21H,(H,17,18,19,20). The smallest absolute Gasteiger partial charge is 0.204 e. The van der Waals surface area contributed by atoms with Crippen molar-refractivity contribution < 1.29 is 5.11 Å². The Morgan fingerprint density at radius 3 is 2.90 bits per heavy atom. The van der Waals surface area contributed by atoms with Crippen LogP contribution >= 0.6 is 11.6 Å². The van der Waals surface area contributed by atoms with Gasteiger partial charge in [-0.3, -0.25) is 4.99 Å². The van der Waals surface area contributed by atoms with E-state index in [1.165, 1.54) is 6.07 Å². The van der Waals surface area contributed by atoms with Crippen LogP contribution in [0.3, 0.4) is 0 Å². The van der Waals surface area contributed by atoms with E-state index in [0.29, 0.717) is 22.1 Å². The van der Waals surface area contributed by atoms with E-state index in [0.717, 1.165) is 5.56 Å². The number of rotatable bonds is 3. The number of aromatic nitrogens is 4. The number of nitrogens with zero attached hydrogens (tertiary/aromatic N) is 4. The third kappa shape index (κ3) is 3.06. The SMILES string of the molecule is Oc1ccc(Cl)cc1C=Nc1cccc(-c2nn[nH]n2)c1. The fourth-order valence-corrected chi connectivity index (χ4v) is 1.96. The first-order valence-electron chi connectivity index (χ1n) is 6.09. The number of hydrogen-bond acceptors (Lipinski definition) is 5. The van der Waals surface area contributed by atoms with Crippen molar-refractivity contribution >= 4 is 23.5 Å². The predicted molar refractivity (Wildman–Crippen MR) is 80.0 cm³/mol. The average molecular weight is 300 g/mol. The van der Waals surface area contributed by atoms with Crippen LogP contribution < -0.4 is 0 Å². The highest BCUT2D eigenvalue weighted by atomic mass is 35.5. The third-order valence-corrected chi connectivity index (χ3v) is 3.03. The molecule has 2 aromatic carbocycles. The molecule has 3 rings (SSSR count). The number of benzene rings is 2. The highest BCUT2D eigenvalue weighted by molar-refractivity contribution is 6.30. The minimum Gasteiger partial charge on any atom is -0.507 e. The Kier molecular flexibility index (Phi) is 3.61. The van der Waals surface area contributed by atoms with Crippen LogP contribution in [0.15, 0.2) is 47.5 Å². The first-order chi connectivity index (χ1) is 10.2. The van der Waals surface area contributed by atoms with Crippen LogP contribution in [0.25, 0.3) is 11.4 Å². The average Bonchev–Trinajstić information content (AvgIpc) is 3.03. The van der Waals surface area contributed by atoms with E-state index >= 15 is 0 Å². The van der Waals surface area contributed by atoms with E-state index < -0.39 is 0 Å². The molecule has 3 aromatic rings. The fourth-order valence-electron chi connectivity index (χ4n) is 1.78. The first-order valence-corrected chi connectivity index (χ1v) is 6.46. The number of aliphatic imine (C=N–C) groups is 1. The maximum Gasteiger partial charge on any atom is 0.204 e. The molecule has 6 nitrogen and oxygen atoms in total. The minimum absolute atomic E-state index is 0.123. The fraction of sp³-hybridized carbons (Fsp3) is 0. The second-order valence-electron chi connectivity index (χ2n) is 4.25. The molecule has 21 heavy (non-hydrogen) atoms. The lowest BCUT2D eigenvalue weighted by Gasteiger charge is -2.00. The van der Waals surface area contributed by atoms with Crippen molar-refractivity contribution in [2.45, 2.75) is 0 Å². The largest absolute Gasteiger partial charge is 0.507 e. The number of aromatic hydroxyl groups is 1. The summed E-state index contributed by atoms with van der Waals surface area (Å²) in [5, 5.41) is 24.0. The van der Waals surface area contributed by atoms with Gasteiger partial charge < -0.3 is 5.11 Å². The Balaban J connectivity index is 1.90. The summed E-state index contributed by atoms with van der Waals surface area (Å²) < 4.78 is 0. The van der Waals surface area contributed by atoms with Crippen LogP contribution in [0.4, 0.5) is 5.69 Å². The quantitative estimate of drug-likeness (QED) is 0.728. The molecule has 0 amide bonds. The van der Waals surface area contributed by atoms with Gasteiger partial charge in [0.05, 0.1) is 5.69 Å². The zero-order valence-electron chi connectivity index (χ0n) is 10.7. The Bertz CT molecular complexity index is 786. The van der Waals surface area contributed by atoms with Gasteiger partial charge in [-0.15, -0.1) is 10.2 Å². The number of aromatic amines is 1. The van der Waals surface area contributed by atoms with Gasteiger partial charge in [0, 0.05) is 22.4 Å². The molecule has 1 aromatic heterocycles. The van der Waals surface area contributed by atoms with E-state index in [1.54, 1.807) is 18.3 Å². The number of tetrazole rings is 1. The van der Waals surface area contributed by atoms with E-state index in [9.17, 15) is 5.11 Å². The van der Waals surface area contributed by atoms with Gasteiger partial charge in [0.25, 0.3) is 0 Å². The minimum atomic E-state index is 0.123. The van der Waals surface area contributed by atoms with Gasteiger partial charge in [0.1, 0.15) is 5.75 Å². The number of halogens is 1. The summed E-state index contributed by atoms with van der Waals surface area (Å²) in [5.74, 6) is 0.620. The Morgan fingerprint density at radius 1 is 1.19 bits per heavy atom. The topological polar surface area (TPSA) is 87.0 Å². The van der Waals surface area contributed by atoms with Crippen LogP contribution in [-0.2, 0) is 0 Å². The van der Waals surface area contributed by atoms with Crippen molar-refractivity contribution in [2.75, 3.05) is 0 Å². The molecule has 104 valence electrons. The summed E-state index contributed by atoms with van der Waals surface area (Å²) in [6, 6.07) is 12.1. The van der Waals surface area contributed by atoms with Crippen LogP contribution in [0, 0.1) is 0 Å². The zero-order valence-corrected chi connectivity index (χ0v) is 11.5. The predicted octanol–water partition coefficient (Wildman–Crippen LogP) is 2.98. The maximum atomic E-state index is 9.74. The monoisotopic (exact) mass is 299 g/mol. The molecule has 0 atom stereocenters. The summed E-state index contributed by atoms with van der Waals surface area (Å²) in [7, 11) is 0. The molecule has 0 aliphatic rings. The second-order valence-corrected chi connectivity index (χ2v) is 4.68. The van der Waals surface area contributed by atoms with Crippen molar-refractivity contribution in [3.8, 4) is 17.1 Å². The number of phenols is 1. The molecule has 0 saturated carbocycles. The molecule has 2 N–H and O–H groups in total. The van der Waals surface area contributed by atoms with Gasteiger partial charge in [0.15, 0.2) is 0 Å². The highest BCUT2D eigenvalue weighted by Gasteiger charge is 2.03. The zero-order chi connectivity index (χ0) is 14.7. The Hall–Kier alpha value is -2.73. The lowest BCUT2D eigenvalue weighted by Crippen LogP contribution is -1.83. The number of phenolic OH excluding ortho intramolecular Hbond substituents is 1. The van der Waals surface area contributed by atoms with E-state index in [1.807, 2.05) is 24.3 Å². The van der Waals surface area contributed by atoms with Crippen molar-refractivity contribution in [1.82, 2.24) is 20.6 Å². The maximum absolute atomic E-state index is 9.74. The number of hydrogen-bond donors (Lipinski definition) is 2. The third-order valence-electron chi connectivity index (χ3n) is 2.79. The lowest BCUT2D eigenvalue weighted by atomic mass is 10.2. The Labute approximate surface area is 125 Å². The van der Waals surface area contributed by atoms with E-state index in [2.05, 4.69) is 25.6 Å². The second kappa shape index (κ2) is 5.72. The van der Waals surface area contributed by atoms with E-state index in [-0.39, 0.29) is 5.75 Å². The van der Waals surface area contributed by atoms with Gasteiger partial charge in [-0.2, -0.15) is 5.21 Å². The molecule has 0 radical (unpaired) electrons. The highest BCUT2D eigenvalue weighted by Crippen LogP contribution is 2.23. The van der Waals surface area contributed by atoms with Gasteiger partial charge in [-0.25, -0.2) is 0 Å². The van der Waals surface area contributed by atoms with Crippen molar-refractivity contribution in [1.29, 1.82) is 0 Å². The molecule has 0 saturated heterocycles. The summed E-state index contributed by atoms with van der Waals surface area (Å²) in [6.45, 7) is 0. The molecule has 0 aliphatic heterocycles. The Morgan fingerprint density at radius 2 is 2.10 bits per heavy atom. The molecule has 0 bridgehead atoms. The van der Waals surface area contributed by atoms with Gasteiger partial charge in [-0.05, 0) is 35.5 Å². The van der Waals surface area contributed by atoms with Gasteiger partial charge >= 0.3 is 0 Å². The number of H-pyrrole nitrogens is 1. The molecule has 0 aliphatic carbocycles. The lowest BCUT2D eigenvalue weighted by molar-refractivity contribution is 0.474. The molecule has 0 fully saturated rings. The first kappa shape index (κ1) is 13.3. The number of nitrogens with one attached hydrogen (secondary N) is 1. The molecule has 7 heteroatoms. The van der Waals surface area contributed by atoms with Crippen molar-refractivity contribution in [2.24, 2.45) is 4.99 Å². The summed E-state index contributed by atoms with van der Waals surface area (Å²) in [4.78, 5) is 4.32.